The molecule has 7 nitrogen and oxygen atoms in total. The Bertz CT molecular complexity index is 553. The van der Waals surface area contributed by atoms with Crippen LogP contribution in [0.4, 0.5) is 0 Å². The number of hydrogen-bond donors (Lipinski definition) is 0. The van der Waals surface area contributed by atoms with Gasteiger partial charge in [-0.1, -0.05) is 0 Å². The van der Waals surface area contributed by atoms with Gasteiger partial charge in [-0.2, -0.15) is 0 Å². The van der Waals surface area contributed by atoms with E-state index in [4.69, 9.17) is 14.2 Å². The van der Waals surface area contributed by atoms with Gasteiger partial charge in [0.25, 0.3) is 0 Å². The molecule has 0 aliphatic rings. The van der Waals surface area contributed by atoms with Crippen LogP contribution in [-0.2, 0) is 7.05 Å². The summed E-state index contributed by atoms with van der Waals surface area (Å²) < 4.78 is 17.5. The number of rotatable bonds is 4. The van der Waals surface area contributed by atoms with Crippen LogP contribution in [0.2, 0.25) is 0 Å². The van der Waals surface area contributed by atoms with Crippen LogP contribution < -0.4 is 14.2 Å². The van der Waals surface area contributed by atoms with Crippen LogP contribution in [0, 0.1) is 0 Å². The quantitative estimate of drug-likeness (QED) is 0.803. The Labute approximate surface area is 104 Å². The fourth-order valence-electron chi connectivity index (χ4n) is 1.73. The molecule has 0 aliphatic carbocycles. The van der Waals surface area contributed by atoms with Crippen LogP contribution in [0.15, 0.2) is 12.1 Å². The lowest BCUT2D eigenvalue weighted by Crippen LogP contribution is -2.00. The highest BCUT2D eigenvalue weighted by Gasteiger charge is 2.19. The number of methoxy groups -OCH3 is 3. The highest BCUT2D eigenvalue weighted by Crippen LogP contribution is 2.43. The molecule has 2 aromatic rings. The molecule has 0 saturated heterocycles. The standard InChI is InChI=1S/C11H14N4O3/c1-15-11(12-13-14-15)7-5-6-8(16-2)10(18-4)9(7)17-3/h5-6H,1-4H3. The summed E-state index contributed by atoms with van der Waals surface area (Å²) in [7, 11) is 6.44. The smallest absolute Gasteiger partial charge is 0.204 e. The van der Waals surface area contributed by atoms with E-state index in [0.29, 0.717) is 23.1 Å². The minimum Gasteiger partial charge on any atom is -0.493 e. The van der Waals surface area contributed by atoms with Crippen molar-refractivity contribution in [3.05, 3.63) is 12.1 Å². The van der Waals surface area contributed by atoms with Gasteiger partial charge in [-0.25, -0.2) is 4.68 Å². The molecule has 0 fully saturated rings. The molecule has 0 unspecified atom stereocenters. The van der Waals surface area contributed by atoms with Gasteiger partial charge in [0.1, 0.15) is 0 Å². The predicted molar refractivity (Wildman–Crippen MR) is 63.9 cm³/mol. The first-order valence-corrected chi connectivity index (χ1v) is 5.24. The number of aryl methyl sites for hydroxylation is 1. The molecule has 0 radical (unpaired) electrons. The Balaban J connectivity index is 2.66. The van der Waals surface area contributed by atoms with E-state index in [9.17, 15) is 0 Å². The average Bonchev–Trinajstić information content (AvgIpc) is 2.82. The van der Waals surface area contributed by atoms with Crippen molar-refractivity contribution in [2.45, 2.75) is 0 Å². The molecule has 0 aliphatic heterocycles. The number of nitrogens with zero attached hydrogens (tertiary/aromatic N) is 4. The van der Waals surface area contributed by atoms with E-state index in [-0.39, 0.29) is 0 Å². The number of benzene rings is 1. The zero-order valence-corrected chi connectivity index (χ0v) is 10.7. The first kappa shape index (κ1) is 12.2. The second kappa shape index (κ2) is 4.91. The van der Waals surface area contributed by atoms with Gasteiger partial charge in [0.2, 0.25) is 5.75 Å². The first-order valence-electron chi connectivity index (χ1n) is 5.24. The normalized spacial score (nSPS) is 10.2. The first-order chi connectivity index (χ1) is 8.72. The molecule has 1 aromatic heterocycles. The van der Waals surface area contributed by atoms with E-state index in [1.807, 2.05) is 6.07 Å². The summed E-state index contributed by atoms with van der Waals surface area (Å²) in [5.41, 5.74) is 0.739. The SMILES string of the molecule is COc1ccc(-c2nnnn2C)c(OC)c1OC. The van der Waals surface area contributed by atoms with Gasteiger partial charge >= 0.3 is 0 Å². The Hall–Kier alpha value is -2.31. The molecule has 18 heavy (non-hydrogen) atoms. The van der Waals surface area contributed by atoms with Crippen molar-refractivity contribution < 1.29 is 14.2 Å². The van der Waals surface area contributed by atoms with Gasteiger partial charge in [0.15, 0.2) is 17.3 Å². The van der Waals surface area contributed by atoms with Crippen LogP contribution in [0.1, 0.15) is 0 Å². The lowest BCUT2D eigenvalue weighted by atomic mass is 10.1. The molecule has 7 heteroatoms. The van der Waals surface area contributed by atoms with Crippen LogP contribution in [0.3, 0.4) is 0 Å². The average molecular weight is 250 g/mol. The number of aromatic nitrogens is 4. The van der Waals surface area contributed by atoms with Crippen LogP contribution in [0.25, 0.3) is 11.4 Å². The number of ether oxygens (including phenoxy) is 3. The Morgan fingerprint density at radius 3 is 2.22 bits per heavy atom. The maximum Gasteiger partial charge on any atom is 0.204 e. The fourth-order valence-corrected chi connectivity index (χ4v) is 1.73. The third-order valence-corrected chi connectivity index (χ3v) is 2.57. The summed E-state index contributed by atoms with van der Waals surface area (Å²) in [5, 5.41) is 11.4. The van der Waals surface area contributed by atoms with E-state index in [1.165, 1.54) is 0 Å². The van der Waals surface area contributed by atoms with Crippen molar-refractivity contribution >= 4 is 0 Å². The van der Waals surface area contributed by atoms with E-state index < -0.39 is 0 Å². The Morgan fingerprint density at radius 2 is 1.72 bits per heavy atom. The van der Waals surface area contributed by atoms with Crippen LogP contribution in [-0.4, -0.2) is 41.5 Å². The third-order valence-electron chi connectivity index (χ3n) is 2.57. The molecule has 0 bridgehead atoms. The van der Waals surface area contributed by atoms with Gasteiger partial charge in [-0.15, -0.1) is 5.10 Å². The van der Waals surface area contributed by atoms with Gasteiger partial charge in [0.05, 0.1) is 26.9 Å². The van der Waals surface area contributed by atoms with Crippen molar-refractivity contribution in [1.82, 2.24) is 20.2 Å². The largest absolute Gasteiger partial charge is 0.493 e. The zero-order chi connectivity index (χ0) is 13.1. The fraction of sp³-hybridized carbons (Fsp3) is 0.364. The maximum absolute atomic E-state index is 5.37. The zero-order valence-electron chi connectivity index (χ0n) is 10.7. The van der Waals surface area contributed by atoms with Gasteiger partial charge in [-0.3, -0.25) is 0 Å². The van der Waals surface area contributed by atoms with Gasteiger partial charge < -0.3 is 14.2 Å². The van der Waals surface area contributed by atoms with Crippen molar-refractivity contribution in [2.24, 2.45) is 7.05 Å². The Kier molecular flexibility index (Phi) is 3.31. The van der Waals surface area contributed by atoms with Gasteiger partial charge in [-0.05, 0) is 22.6 Å². The lowest BCUT2D eigenvalue weighted by molar-refractivity contribution is 0.325. The summed E-state index contributed by atoms with van der Waals surface area (Å²) in [4.78, 5) is 0. The molecule has 1 heterocycles. The second-order valence-corrected chi connectivity index (χ2v) is 3.51. The molecule has 1 aromatic carbocycles. The number of hydrogen-bond acceptors (Lipinski definition) is 6. The van der Waals surface area contributed by atoms with E-state index >= 15 is 0 Å². The van der Waals surface area contributed by atoms with Gasteiger partial charge in [0, 0.05) is 7.05 Å². The van der Waals surface area contributed by atoms with Crippen molar-refractivity contribution in [3.8, 4) is 28.6 Å². The minimum absolute atomic E-state index is 0.514. The Morgan fingerprint density at radius 1 is 1.00 bits per heavy atom. The van der Waals surface area contributed by atoms with E-state index in [2.05, 4.69) is 15.5 Å². The third kappa shape index (κ3) is 1.83. The lowest BCUT2D eigenvalue weighted by Gasteiger charge is -2.14. The molecular weight excluding hydrogens is 236 g/mol. The minimum atomic E-state index is 0.514. The molecular formula is C11H14N4O3. The van der Waals surface area contributed by atoms with Crippen molar-refractivity contribution in [1.29, 1.82) is 0 Å². The summed E-state index contributed by atoms with van der Waals surface area (Å²) >= 11 is 0. The molecule has 96 valence electrons. The topological polar surface area (TPSA) is 71.3 Å². The number of tetrazole rings is 1. The summed E-state index contributed by atoms with van der Waals surface area (Å²) in [6.45, 7) is 0. The highest BCUT2D eigenvalue weighted by atomic mass is 16.5. The molecule has 0 saturated carbocycles. The summed E-state index contributed by atoms with van der Waals surface area (Å²) in [6, 6.07) is 3.61. The highest BCUT2D eigenvalue weighted by molar-refractivity contribution is 5.72. The van der Waals surface area contributed by atoms with E-state index in [0.717, 1.165) is 5.56 Å². The second-order valence-electron chi connectivity index (χ2n) is 3.51. The van der Waals surface area contributed by atoms with Crippen LogP contribution in [0.5, 0.6) is 17.2 Å². The maximum atomic E-state index is 5.37. The molecule has 0 N–H and O–H groups in total. The molecule has 2 rings (SSSR count). The van der Waals surface area contributed by atoms with E-state index in [1.54, 1.807) is 39.1 Å². The summed E-state index contributed by atoms with van der Waals surface area (Å²) in [5.74, 6) is 2.23. The predicted octanol–water partition coefficient (Wildman–Crippen LogP) is 0.903. The van der Waals surface area contributed by atoms with Crippen LogP contribution >= 0.6 is 0 Å². The monoisotopic (exact) mass is 250 g/mol. The molecule has 0 atom stereocenters. The molecule has 0 spiro atoms. The summed E-state index contributed by atoms with van der Waals surface area (Å²) in [6.07, 6.45) is 0. The molecule has 0 amide bonds. The van der Waals surface area contributed by atoms with Crippen molar-refractivity contribution in [3.63, 3.8) is 0 Å². The van der Waals surface area contributed by atoms with Crippen molar-refractivity contribution in [2.75, 3.05) is 21.3 Å².